The number of aliphatic hydroxyl groups is 1. The second-order valence-electron chi connectivity index (χ2n) is 6.34. The van der Waals surface area contributed by atoms with Crippen LogP contribution in [-0.4, -0.2) is 28.6 Å². The molecular weight excluding hydrogens is 295 g/mol. The number of aliphatic hydroxyl groups excluding tert-OH is 1. The highest BCUT2D eigenvalue weighted by Gasteiger charge is 2.46. The maximum atomic E-state index is 12.8. The quantitative estimate of drug-likeness (QED) is 0.912. The van der Waals surface area contributed by atoms with Crippen molar-refractivity contribution in [1.82, 2.24) is 4.90 Å². The van der Waals surface area contributed by atoms with Gasteiger partial charge in [0.2, 0.25) is 5.91 Å². The van der Waals surface area contributed by atoms with Crippen LogP contribution in [0.1, 0.15) is 36.9 Å². The number of rotatable bonds is 2. The summed E-state index contributed by atoms with van der Waals surface area (Å²) in [5.74, 6) is 0.234. The minimum absolute atomic E-state index is 0.0430. The molecule has 4 atom stereocenters. The average molecular weight is 313 g/mol. The van der Waals surface area contributed by atoms with Gasteiger partial charge in [-0.05, 0) is 36.5 Å². The SMILES string of the molecule is CC1CC1C(=O)N1CC(O)CC1c1cccc(C(F)(F)F)c1. The molecule has 1 saturated carbocycles. The summed E-state index contributed by atoms with van der Waals surface area (Å²) in [7, 11) is 0. The van der Waals surface area contributed by atoms with Crippen molar-refractivity contribution in [3.63, 3.8) is 0 Å². The summed E-state index contributed by atoms with van der Waals surface area (Å²) in [6.07, 6.45) is -3.99. The summed E-state index contributed by atoms with van der Waals surface area (Å²) in [4.78, 5) is 14.0. The van der Waals surface area contributed by atoms with E-state index in [0.29, 0.717) is 11.5 Å². The third-order valence-corrected chi connectivity index (χ3v) is 4.59. The predicted octanol–water partition coefficient (Wildman–Crippen LogP) is 3.00. The number of nitrogens with zero attached hydrogens (tertiary/aromatic N) is 1. The van der Waals surface area contributed by atoms with Gasteiger partial charge in [-0.25, -0.2) is 0 Å². The molecule has 6 heteroatoms. The van der Waals surface area contributed by atoms with E-state index in [1.807, 2.05) is 6.92 Å². The number of hydrogen-bond acceptors (Lipinski definition) is 2. The highest BCUT2D eigenvalue weighted by atomic mass is 19.4. The number of amides is 1. The van der Waals surface area contributed by atoms with Crippen molar-refractivity contribution < 1.29 is 23.1 Å². The first-order chi connectivity index (χ1) is 10.3. The van der Waals surface area contributed by atoms with E-state index in [0.717, 1.165) is 18.6 Å². The largest absolute Gasteiger partial charge is 0.416 e. The van der Waals surface area contributed by atoms with E-state index in [-0.39, 0.29) is 24.8 Å². The second kappa shape index (κ2) is 5.26. The number of alkyl halides is 3. The van der Waals surface area contributed by atoms with E-state index in [9.17, 15) is 23.1 Å². The van der Waals surface area contributed by atoms with E-state index >= 15 is 0 Å². The van der Waals surface area contributed by atoms with Crippen LogP contribution >= 0.6 is 0 Å². The summed E-state index contributed by atoms with van der Waals surface area (Å²) < 4.78 is 38.5. The normalized spacial score (nSPS) is 31.4. The zero-order chi connectivity index (χ0) is 16.1. The van der Waals surface area contributed by atoms with Crippen LogP contribution < -0.4 is 0 Å². The second-order valence-corrected chi connectivity index (χ2v) is 6.34. The lowest BCUT2D eigenvalue weighted by Crippen LogP contribution is -2.33. The fraction of sp³-hybridized carbons (Fsp3) is 0.562. The first-order valence-corrected chi connectivity index (χ1v) is 7.43. The molecular formula is C16H18F3NO2. The summed E-state index contributed by atoms with van der Waals surface area (Å²) in [5.41, 5.74) is -0.286. The van der Waals surface area contributed by atoms with E-state index < -0.39 is 23.9 Å². The lowest BCUT2D eigenvalue weighted by atomic mass is 10.0. The zero-order valence-electron chi connectivity index (χ0n) is 12.2. The van der Waals surface area contributed by atoms with Crippen LogP contribution in [0.4, 0.5) is 13.2 Å². The van der Waals surface area contributed by atoms with Crippen LogP contribution in [0.3, 0.4) is 0 Å². The molecule has 120 valence electrons. The number of benzene rings is 1. The number of carbonyl (C=O) groups excluding carboxylic acids is 1. The van der Waals surface area contributed by atoms with Gasteiger partial charge in [-0.15, -0.1) is 0 Å². The minimum atomic E-state index is -4.41. The molecule has 1 aliphatic heterocycles. The molecule has 0 aromatic heterocycles. The maximum absolute atomic E-state index is 12.8. The number of carbonyl (C=O) groups is 1. The zero-order valence-corrected chi connectivity index (χ0v) is 12.2. The van der Waals surface area contributed by atoms with Crippen molar-refractivity contribution in [1.29, 1.82) is 0 Å². The van der Waals surface area contributed by atoms with Gasteiger partial charge in [-0.1, -0.05) is 19.1 Å². The Kier molecular flexibility index (Phi) is 3.67. The van der Waals surface area contributed by atoms with E-state index in [1.165, 1.54) is 6.07 Å². The molecule has 3 rings (SSSR count). The monoisotopic (exact) mass is 313 g/mol. The highest BCUT2D eigenvalue weighted by molar-refractivity contribution is 5.82. The molecule has 0 bridgehead atoms. The minimum Gasteiger partial charge on any atom is -0.391 e. The molecule has 1 aliphatic carbocycles. The molecule has 1 heterocycles. The molecule has 2 fully saturated rings. The molecule has 1 saturated heterocycles. The van der Waals surface area contributed by atoms with Crippen LogP contribution in [0.5, 0.6) is 0 Å². The smallest absolute Gasteiger partial charge is 0.391 e. The predicted molar refractivity (Wildman–Crippen MR) is 73.8 cm³/mol. The van der Waals surface area contributed by atoms with Crippen molar-refractivity contribution >= 4 is 5.91 Å². The van der Waals surface area contributed by atoms with Gasteiger partial charge in [0.25, 0.3) is 0 Å². The molecule has 0 radical (unpaired) electrons. The molecule has 0 spiro atoms. The van der Waals surface area contributed by atoms with Gasteiger partial charge < -0.3 is 10.0 Å². The lowest BCUT2D eigenvalue weighted by molar-refractivity contribution is -0.137. The van der Waals surface area contributed by atoms with Gasteiger partial charge in [-0.2, -0.15) is 13.2 Å². The van der Waals surface area contributed by atoms with Crippen molar-refractivity contribution in [2.45, 2.75) is 38.1 Å². The average Bonchev–Trinajstić information content (AvgIpc) is 3.05. The Morgan fingerprint density at radius 1 is 1.32 bits per heavy atom. The molecule has 22 heavy (non-hydrogen) atoms. The molecule has 1 amide bonds. The van der Waals surface area contributed by atoms with Crippen LogP contribution in [0, 0.1) is 11.8 Å². The Hall–Kier alpha value is -1.56. The summed E-state index contributed by atoms with van der Waals surface area (Å²) in [6.45, 7) is 2.18. The van der Waals surface area contributed by atoms with Gasteiger partial charge in [0.05, 0.1) is 17.7 Å². The molecule has 1 aromatic rings. The lowest BCUT2D eigenvalue weighted by Gasteiger charge is -2.25. The number of likely N-dealkylation sites (tertiary alicyclic amines) is 1. The topological polar surface area (TPSA) is 40.5 Å². The fourth-order valence-electron chi connectivity index (χ4n) is 3.17. The van der Waals surface area contributed by atoms with Crippen LogP contribution in [0.25, 0.3) is 0 Å². The van der Waals surface area contributed by atoms with Crippen LogP contribution in [-0.2, 0) is 11.0 Å². The number of halogens is 3. The highest BCUT2D eigenvalue weighted by Crippen LogP contribution is 2.43. The van der Waals surface area contributed by atoms with Crippen molar-refractivity contribution in [3.8, 4) is 0 Å². The first-order valence-electron chi connectivity index (χ1n) is 7.43. The van der Waals surface area contributed by atoms with E-state index in [2.05, 4.69) is 0 Å². The standard InChI is InChI=1S/C16H18F3NO2/c1-9-5-13(9)15(22)20-8-12(21)7-14(20)10-3-2-4-11(6-10)16(17,18)19/h2-4,6,9,12-14,21H,5,7-8H2,1H3. The van der Waals surface area contributed by atoms with Crippen molar-refractivity contribution in [2.75, 3.05) is 6.54 Å². The Balaban J connectivity index is 1.87. The first kappa shape index (κ1) is 15.3. The van der Waals surface area contributed by atoms with Gasteiger partial charge in [0.1, 0.15) is 0 Å². The molecule has 3 nitrogen and oxygen atoms in total. The van der Waals surface area contributed by atoms with Gasteiger partial charge >= 0.3 is 6.18 Å². The third kappa shape index (κ3) is 2.84. The maximum Gasteiger partial charge on any atom is 0.416 e. The van der Waals surface area contributed by atoms with Gasteiger partial charge in [0.15, 0.2) is 0 Å². The molecule has 1 N–H and O–H groups in total. The van der Waals surface area contributed by atoms with Gasteiger partial charge in [0, 0.05) is 12.5 Å². The third-order valence-electron chi connectivity index (χ3n) is 4.59. The molecule has 4 unspecified atom stereocenters. The molecule has 1 aromatic carbocycles. The summed E-state index contributed by atoms with van der Waals surface area (Å²) in [6, 6.07) is 4.57. The van der Waals surface area contributed by atoms with Crippen molar-refractivity contribution in [3.05, 3.63) is 35.4 Å². The molecule has 2 aliphatic rings. The Bertz CT molecular complexity index is 587. The van der Waals surface area contributed by atoms with Crippen LogP contribution in [0.2, 0.25) is 0 Å². The number of hydrogen-bond donors (Lipinski definition) is 1. The van der Waals surface area contributed by atoms with Crippen LogP contribution in [0.15, 0.2) is 24.3 Å². The van der Waals surface area contributed by atoms with Crippen molar-refractivity contribution in [2.24, 2.45) is 11.8 Å². The van der Waals surface area contributed by atoms with E-state index in [4.69, 9.17) is 0 Å². The van der Waals surface area contributed by atoms with E-state index in [1.54, 1.807) is 11.0 Å². The van der Waals surface area contributed by atoms with Gasteiger partial charge in [-0.3, -0.25) is 4.79 Å². The number of β-amino-alcohol motifs (C(OH)–C–C–N with tert-alkyl or cyclic N) is 1. The Morgan fingerprint density at radius 3 is 2.59 bits per heavy atom. The Labute approximate surface area is 126 Å². The fourth-order valence-corrected chi connectivity index (χ4v) is 3.17. The Morgan fingerprint density at radius 2 is 2.00 bits per heavy atom. The summed E-state index contributed by atoms with van der Waals surface area (Å²) >= 11 is 0. The summed E-state index contributed by atoms with van der Waals surface area (Å²) in [5, 5.41) is 9.86.